The van der Waals surface area contributed by atoms with Gasteiger partial charge in [-0.1, -0.05) is 6.07 Å². The van der Waals surface area contributed by atoms with E-state index >= 15 is 0 Å². The number of nitrogens with two attached hydrogens (primary N) is 1. The Labute approximate surface area is 86.3 Å². The summed E-state index contributed by atoms with van der Waals surface area (Å²) in [7, 11) is 0. The van der Waals surface area contributed by atoms with Crippen LogP contribution >= 0.6 is 0 Å². The molecule has 0 heterocycles. The largest absolute Gasteiger partial charge is 0.348 e. The number of hydrogen-bond donors (Lipinski definition) is 2. The van der Waals surface area contributed by atoms with Crippen molar-refractivity contribution in [2.45, 2.75) is 13.0 Å². The fraction of sp³-hybridized carbons (Fsp3) is 0.300. The normalized spacial score (nSPS) is 12.3. The molecule has 1 amide bonds. The van der Waals surface area contributed by atoms with Crippen LogP contribution in [0, 0.1) is 11.6 Å². The lowest BCUT2D eigenvalue weighted by molar-refractivity contribution is 0.0933. The molecule has 0 saturated heterocycles. The van der Waals surface area contributed by atoms with Crippen molar-refractivity contribution in [3.8, 4) is 0 Å². The molecular formula is C10H12F2N2O. The highest BCUT2D eigenvalue weighted by Gasteiger charge is 2.17. The minimum atomic E-state index is -0.878. The number of carbonyl (C=O) groups is 1. The molecule has 0 saturated carbocycles. The van der Waals surface area contributed by atoms with E-state index < -0.39 is 23.1 Å². The summed E-state index contributed by atoms with van der Waals surface area (Å²) in [6.45, 7) is 1.86. The third-order valence-corrected chi connectivity index (χ3v) is 1.92. The highest BCUT2D eigenvalue weighted by Crippen LogP contribution is 2.11. The molecule has 0 aromatic heterocycles. The predicted molar refractivity (Wildman–Crippen MR) is 52.3 cm³/mol. The Morgan fingerprint density at radius 1 is 1.47 bits per heavy atom. The Bertz CT molecular complexity index is 348. The van der Waals surface area contributed by atoms with Crippen molar-refractivity contribution >= 4 is 5.91 Å². The molecule has 1 aromatic carbocycles. The van der Waals surface area contributed by atoms with Gasteiger partial charge in [0.1, 0.15) is 17.2 Å². The van der Waals surface area contributed by atoms with Gasteiger partial charge in [-0.15, -0.1) is 0 Å². The van der Waals surface area contributed by atoms with E-state index in [9.17, 15) is 13.6 Å². The average molecular weight is 214 g/mol. The SMILES string of the molecule is C[C@@H](CN)NC(=O)c1c(F)cccc1F. The summed E-state index contributed by atoms with van der Waals surface area (Å²) in [6, 6.07) is 2.95. The fourth-order valence-electron chi connectivity index (χ4n) is 1.07. The molecular weight excluding hydrogens is 202 g/mol. The Hall–Kier alpha value is -1.49. The van der Waals surface area contributed by atoms with Crippen LogP contribution in [0.3, 0.4) is 0 Å². The molecule has 0 aliphatic heterocycles. The summed E-state index contributed by atoms with van der Waals surface area (Å²) in [5.41, 5.74) is 4.70. The third kappa shape index (κ3) is 2.73. The van der Waals surface area contributed by atoms with Gasteiger partial charge in [0.2, 0.25) is 0 Å². The summed E-state index contributed by atoms with van der Waals surface area (Å²) in [4.78, 5) is 11.4. The molecule has 15 heavy (non-hydrogen) atoms. The van der Waals surface area contributed by atoms with Crippen LogP contribution < -0.4 is 11.1 Å². The van der Waals surface area contributed by atoms with E-state index in [1.54, 1.807) is 6.92 Å². The van der Waals surface area contributed by atoms with Crippen LogP contribution in [0.15, 0.2) is 18.2 Å². The number of benzene rings is 1. The standard InChI is InChI=1S/C10H12F2N2O/c1-6(5-13)14-10(15)9-7(11)3-2-4-8(9)12/h2-4,6H,5,13H2,1H3,(H,14,15)/t6-/m0/s1. The highest BCUT2D eigenvalue weighted by atomic mass is 19.1. The quantitative estimate of drug-likeness (QED) is 0.790. The zero-order valence-corrected chi connectivity index (χ0v) is 8.26. The first-order valence-corrected chi connectivity index (χ1v) is 4.51. The van der Waals surface area contributed by atoms with Gasteiger partial charge in [0.15, 0.2) is 0 Å². The minimum absolute atomic E-state index is 0.210. The summed E-state index contributed by atoms with van der Waals surface area (Å²) in [5, 5.41) is 2.38. The van der Waals surface area contributed by atoms with Crippen LogP contribution in [0.25, 0.3) is 0 Å². The number of amides is 1. The second-order valence-corrected chi connectivity index (χ2v) is 3.21. The maximum atomic E-state index is 13.1. The lowest BCUT2D eigenvalue weighted by Crippen LogP contribution is -2.38. The summed E-state index contributed by atoms with van der Waals surface area (Å²) in [5.74, 6) is -2.54. The van der Waals surface area contributed by atoms with Gasteiger partial charge in [0, 0.05) is 12.6 Å². The zero-order chi connectivity index (χ0) is 11.4. The van der Waals surface area contributed by atoms with Crippen LogP contribution in [-0.2, 0) is 0 Å². The van der Waals surface area contributed by atoms with Crippen LogP contribution in [0.5, 0.6) is 0 Å². The van der Waals surface area contributed by atoms with Gasteiger partial charge in [-0.25, -0.2) is 8.78 Å². The first kappa shape index (κ1) is 11.6. The molecule has 0 unspecified atom stereocenters. The van der Waals surface area contributed by atoms with Gasteiger partial charge < -0.3 is 11.1 Å². The van der Waals surface area contributed by atoms with Crippen molar-refractivity contribution in [2.24, 2.45) is 5.73 Å². The molecule has 82 valence electrons. The molecule has 0 bridgehead atoms. The molecule has 0 spiro atoms. The number of hydrogen-bond acceptors (Lipinski definition) is 2. The van der Waals surface area contributed by atoms with Crippen LogP contribution in [0.1, 0.15) is 17.3 Å². The molecule has 1 atom stereocenters. The molecule has 1 aromatic rings. The molecule has 3 N–H and O–H groups in total. The van der Waals surface area contributed by atoms with Crippen LogP contribution in [-0.4, -0.2) is 18.5 Å². The maximum absolute atomic E-state index is 13.1. The summed E-state index contributed by atoms with van der Waals surface area (Å²) in [6.07, 6.45) is 0. The predicted octanol–water partition coefficient (Wildman–Crippen LogP) is 1.04. The lowest BCUT2D eigenvalue weighted by Gasteiger charge is -2.11. The molecule has 0 aliphatic carbocycles. The monoisotopic (exact) mass is 214 g/mol. The Morgan fingerprint density at radius 2 is 2.00 bits per heavy atom. The summed E-state index contributed by atoms with van der Waals surface area (Å²) >= 11 is 0. The minimum Gasteiger partial charge on any atom is -0.348 e. The third-order valence-electron chi connectivity index (χ3n) is 1.92. The molecule has 1 rings (SSSR count). The van der Waals surface area contributed by atoms with Gasteiger partial charge in [0.05, 0.1) is 0 Å². The molecule has 0 aliphatic rings. The number of rotatable bonds is 3. The second-order valence-electron chi connectivity index (χ2n) is 3.21. The van der Waals surface area contributed by atoms with Crippen molar-refractivity contribution < 1.29 is 13.6 Å². The Morgan fingerprint density at radius 3 is 2.47 bits per heavy atom. The first-order valence-electron chi connectivity index (χ1n) is 4.51. The van der Waals surface area contributed by atoms with Crippen molar-refractivity contribution in [1.82, 2.24) is 5.32 Å². The van der Waals surface area contributed by atoms with Gasteiger partial charge >= 0.3 is 0 Å². The van der Waals surface area contributed by atoms with Gasteiger partial charge in [0.25, 0.3) is 5.91 Å². The van der Waals surface area contributed by atoms with E-state index in [4.69, 9.17) is 5.73 Å². The van der Waals surface area contributed by atoms with Crippen LogP contribution in [0.4, 0.5) is 8.78 Å². The van der Waals surface area contributed by atoms with E-state index in [-0.39, 0.29) is 12.6 Å². The first-order chi connectivity index (χ1) is 7.06. The molecule has 5 heteroatoms. The van der Waals surface area contributed by atoms with E-state index in [2.05, 4.69) is 5.32 Å². The fourth-order valence-corrected chi connectivity index (χ4v) is 1.07. The van der Waals surface area contributed by atoms with Crippen molar-refractivity contribution in [3.05, 3.63) is 35.4 Å². The number of carbonyl (C=O) groups excluding carboxylic acids is 1. The van der Waals surface area contributed by atoms with Gasteiger partial charge in [-0.2, -0.15) is 0 Å². The van der Waals surface area contributed by atoms with E-state index in [1.807, 2.05) is 0 Å². The number of halogens is 2. The van der Waals surface area contributed by atoms with Gasteiger partial charge in [-0.05, 0) is 19.1 Å². The molecule has 3 nitrogen and oxygen atoms in total. The maximum Gasteiger partial charge on any atom is 0.257 e. The van der Waals surface area contributed by atoms with Crippen molar-refractivity contribution in [1.29, 1.82) is 0 Å². The van der Waals surface area contributed by atoms with E-state index in [1.165, 1.54) is 6.07 Å². The molecule has 0 fully saturated rings. The zero-order valence-electron chi connectivity index (χ0n) is 8.26. The lowest BCUT2D eigenvalue weighted by atomic mass is 10.1. The molecule has 0 radical (unpaired) electrons. The van der Waals surface area contributed by atoms with E-state index in [0.29, 0.717) is 0 Å². The Balaban J connectivity index is 2.91. The average Bonchev–Trinajstić information content (AvgIpc) is 2.17. The van der Waals surface area contributed by atoms with Gasteiger partial charge in [-0.3, -0.25) is 4.79 Å². The second kappa shape index (κ2) is 4.84. The summed E-state index contributed by atoms with van der Waals surface area (Å²) < 4.78 is 26.2. The number of nitrogens with one attached hydrogen (secondary N) is 1. The Kier molecular flexibility index (Phi) is 3.74. The topological polar surface area (TPSA) is 55.1 Å². The van der Waals surface area contributed by atoms with Crippen LogP contribution in [0.2, 0.25) is 0 Å². The van der Waals surface area contributed by atoms with Crippen molar-refractivity contribution in [3.63, 3.8) is 0 Å². The smallest absolute Gasteiger partial charge is 0.257 e. The van der Waals surface area contributed by atoms with E-state index in [0.717, 1.165) is 12.1 Å². The van der Waals surface area contributed by atoms with Crippen molar-refractivity contribution in [2.75, 3.05) is 6.54 Å². The highest BCUT2D eigenvalue weighted by molar-refractivity contribution is 5.94.